The summed E-state index contributed by atoms with van der Waals surface area (Å²) in [5, 5.41) is 3.64. The lowest BCUT2D eigenvalue weighted by Crippen LogP contribution is -2.50. The van der Waals surface area contributed by atoms with Gasteiger partial charge in [-0.15, -0.1) is 0 Å². The Morgan fingerprint density at radius 2 is 1.71 bits per heavy atom. The zero-order valence-electron chi connectivity index (χ0n) is 19.7. The fourth-order valence-corrected chi connectivity index (χ4v) is 3.77. The number of nitrogens with one attached hydrogen (secondary N) is 1. The Bertz CT molecular complexity index is 1150. The number of benzene rings is 2. The lowest BCUT2D eigenvalue weighted by molar-refractivity contribution is 0.208. The third-order valence-corrected chi connectivity index (χ3v) is 5.65. The van der Waals surface area contributed by atoms with Crippen LogP contribution in [0.1, 0.15) is 13.3 Å². The molecule has 4 rings (SSSR count). The molecule has 0 radical (unpaired) electrons. The molecule has 0 spiro atoms. The van der Waals surface area contributed by atoms with E-state index < -0.39 is 0 Å². The molecular weight excluding hydrogens is 436 g/mol. The Labute approximate surface area is 198 Å². The first-order valence-corrected chi connectivity index (χ1v) is 11.3. The van der Waals surface area contributed by atoms with Gasteiger partial charge in [0.25, 0.3) is 0 Å². The van der Waals surface area contributed by atoms with E-state index in [1.807, 2.05) is 29.2 Å². The standard InChI is InChI=1S/C24H30N6O4/c1-4-13-34-17-7-5-16(6-8-17)26-24(31)30-11-9-29(10-12-30)23-27-19-15-21(33-3)20(32-2)14-18(19)22(25)28-23/h5-8,14-15H,4,9-13H2,1-3H3,(H,26,31)(H2,25,27,28). The summed E-state index contributed by atoms with van der Waals surface area (Å²) in [6, 6.07) is 10.8. The minimum atomic E-state index is -0.141. The van der Waals surface area contributed by atoms with E-state index in [1.165, 1.54) is 0 Å². The van der Waals surface area contributed by atoms with Gasteiger partial charge in [-0.05, 0) is 36.8 Å². The second-order valence-electron chi connectivity index (χ2n) is 7.91. The Morgan fingerprint density at radius 1 is 1.03 bits per heavy atom. The number of fused-ring (bicyclic) bond motifs is 1. The van der Waals surface area contributed by atoms with Crippen molar-refractivity contribution < 1.29 is 19.0 Å². The number of amides is 2. The molecule has 3 aromatic rings. The number of methoxy groups -OCH3 is 2. The van der Waals surface area contributed by atoms with Crippen LogP contribution in [-0.2, 0) is 0 Å². The molecule has 0 bridgehead atoms. The molecule has 10 nitrogen and oxygen atoms in total. The van der Waals surface area contributed by atoms with Crippen molar-refractivity contribution in [1.29, 1.82) is 0 Å². The zero-order chi connectivity index (χ0) is 24.1. The second kappa shape index (κ2) is 10.3. The summed E-state index contributed by atoms with van der Waals surface area (Å²) >= 11 is 0. The van der Waals surface area contributed by atoms with Crippen LogP contribution in [0.15, 0.2) is 36.4 Å². The van der Waals surface area contributed by atoms with Crippen molar-refractivity contribution in [2.24, 2.45) is 0 Å². The van der Waals surface area contributed by atoms with Gasteiger partial charge in [0.05, 0.1) is 26.3 Å². The van der Waals surface area contributed by atoms with E-state index in [0.29, 0.717) is 67.0 Å². The summed E-state index contributed by atoms with van der Waals surface area (Å²) in [5.41, 5.74) is 7.62. The van der Waals surface area contributed by atoms with E-state index in [1.54, 1.807) is 31.3 Å². The topological polar surface area (TPSA) is 115 Å². The minimum absolute atomic E-state index is 0.141. The SMILES string of the molecule is CCCOc1ccc(NC(=O)N2CCN(c3nc(N)c4cc(OC)c(OC)cc4n3)CC2)cc1. The normalized spacial score (nSPS) is 13.6. The number of ether oxygens (including phenoxy) is 3. The zero-order valence-corrected chi connectivity index (χ0v) is 19.7. The predicted octanol–water partition coefficient (Wildman–Crippen LogP) is 3.37. The van der Waals surface area contributed by atoms with Crippen LogP contribution in [-0.4, -0.2) is 67.9 Å². The van der Waals surface area contributed by atoms with Crippen LogP contribution < -0.4 is 30.2 Å². The lowest BCUT2D eigenvalue weighted by atomic mass is 10.2. The number of nitrogens with zero attached hydrogens (tertiary/aromatic N) is 4. The molecule has 1 saturated heterocycles. The molecule has 180 valence electrons. The number of piperazine rings is 1. The van der Waals surface area contributed by atoms with Gasteiger partial charge in [-0.3, -0.25) is 0 Å². The second-order valence-corrected chi connectivity index (χ2v) is 7.91. The van der Waals surface area contributed by atoms with Crippen LogP contribution in [0.5, 0.6) is 17.2 Å². The molecule has 34 heavy (non-hydrogen) atoms. The van der Waals surface area contributed by atoms with Gasteiger partial charge < -0.3 is 35.1 Å². The summed E-state index contributed by atoms with van der Waals surface area (Å²) in [5.74, 6) is 2.83. The largest absolute Gasteiger partial charge is 0.494 e. The van der Waals surface area contributed by atoms with E-state index in [9.17, 15) is 4.79 Å². The van der Waals surface area contributed by atoms with Crippen molar-refractivity contribution >= 4 is 34.4 Å². The molecule has 0 atom stereocenters. The quantitative estimate of drug-likeness (QED) is 0.545. The molecular formula is C24H30N6O4. The number of nitrogens with two attached hydrogens (primary N) is 1. The summed E-state index contributed by atoms with van der Waals surface area (Å²) in [6.45, 7) is 4.99. The molecule has 10 heteroatoms. The van der Waals surface area contributed by atoms with E-state index in [0.717, 1.165) is 17.9 Å². The molecule has 3 N–H and O–H groups in total. The van der Waals surface area contributed by atoms with Crippen molar-refractivity contribution in [1.82, 2.24) is 14.9 Å². The predicted molar refractivity (Wildman–Crippen MR) is 132 cm³/mol. The number of hydrogen-bond donors (Lipinski definition) is 2. The maximum atomic E-state index is 12.7. The van der Waals surface area contributed by atoms with E-state index in [2.05, 4.69) is 22.2 Å². The Hall–Kier alpha value is -3.95. The van der Waals surface area contributed by atoms with Crippen LogP contribution >= 0.6 is 0 Å². The molecule has 0 unspecified atom stereocenters. The molecule has 2 amide bonds. The third kappa shape index (κ3) is 5.00. The van der Waals surface area contributed by atoms with Crippen LogP contribution in [0.4, 0.5) is 22.2 Å². The third-order valence-electron chi connectivity index (χ3n) is 5.65. The van der Waals surface area contributed by atoms with E-state index in [-0.39, 0.29) is 6.03 Å². The van der Waals surface area contributed by atoms with Crippen molar-refractivity contribution in [3.8, 4) is 17.2 Å². The summed E-state index contributed by atoms with van der Waals surface area (Å²) in [6.07, 6.45) is 0.949. The molecule has 0 aliphatic carbocycles. The number of carbonyl (C=O) groups excluding carboxylic acids is 1. The Morgan fingerprint density at radius 3 is 2.35 bits per heavy atom. The molecule has 1 fully saturated rings. The number of rotatable bonds is 7. The first-order valence-electron chi connectivity index (χ1n) is 11.3. The van der Waals surface area contributed by atoms with Gasteiger partial charge in [0, 0.05) is 43.3 Å². The highest BCUT2D eigenvalue weighted by Crippen LogP contribution is 2.34. The number of aromatic nitrogens is 2. The van der Waals surface area contributed by atoms with Gasteiger partial charge >= 0.3 is 6.03 Å². The maximum absolute atomic E-state index is 12.7. The molecule has 2 heterocycles. The number of anilines is 3. The van der Waals surface area contributed by atoms with Crippen LogP contribution in [0.3, 0.4) is 0 Å². The van der Waals surface area contributed by atoms with E-state index in [4.69, 9.17) is 19.9 Å². The molecule has 1 aliphatic heterocycles. The Balaban J connectivity index is 1.39. The summed E-state index contributed by atoms with van der Waals surface area (Å²) in [4.78, 5) is 25.7. The number of urea groups is 1. The van der Waals surface area contributed by atoms with Crippen LogP contribution in [0, 0.1) is 0 Å². The fourth-order valence-electron chi connectivity index (χ4n) is 3.77. The average Bonchev–Trinajstić information content (AvgIpc) is 2.87. The number of nitrogen functional groups attached to an aromatic ring is 1. The highest BCUT2D eigenvalue weighted by molar-refractivity contribution is 5.92. The van der Waals surface area contributed by atoms with Gasteiger partial charge in [-0.1, -0.05) is 6.92 Å². The van der Waals surface area contributed by atoms with Crippen LogP contribution in [0.25, 0.3) is 10.9 Å². The molecule has 1 aliphatic rings. The monoisotopic (exact) mass is 466 g/mol. The van der Waals surface area contributed by atoms with Crippen molar-refractivity contribution in [2.45, 2.75) is 13.3 Å². The first-order chi connectivity index (χ1) is 16.5. The van der Waals surface area contributed by atoms with Gasteiger partial charge in [0.2, 0.25) is 5.95 Å². The summed E-state index contributed by atoms with van der Waals surface area (Å²) in [7, 11) is 3.15. The minimum Gasteiger partial charge on any atom is -0.494 e. The van der Waals surface area contributed by atoms with Crippen molar-refractivity contribution in [3.05, 3.63) is 36.4 Å². The smallest absolute Gasteiger partial charge is 0.321 e. The van der Waals surface area contributed by atoms with Crippen molar-refractivity contribution in [2.75, 3.05) is 63.0 Å². The average molecular weight is 467 g/mol. The first kappa shape index (κ1) is 23.2. The highest BCUT2D eigenvalue weighted by atomic mass is 16.5. The van der Waals surface area contributed by atoms with E-state index >= 15 is 0 Å². The summed E-state index contributed by atoms with van der Waals surface area (Å²) < 4.78 is 16.3. The molecule has 0 saturated carbocycles. The fraction of sp³-hybridized carbons (Fsp3) is 0.375. The molecule has 2 aromatic carbocycles. The maximum Gasteiger partial charge on any atom is 0.321 e. The lowest BCUT2D eigenvalue weighted by Gasteiger charge is -2.34. The Kier molecular flexibility index (Phi) is 7.05. The van der Waals surface area contributed by atoms with Gasteiger partial charge in [0.15, 0.2) is 11.5 Å². The highest BCUT2D eigenvalue weighted by Gasteiger charge is 2.24. The van der Waals surface area contributed by atoms with Crippen LogP contribution in [0.2, 0.25) is 0 Å². The number of carbonyl (C=O) groups is 1. The van der Waals surface area contributed by atoms with Gasteiger partial charge in [0.1, 0.15) is 11.6 Å². The molecule has 1 aromatic heterocycles. The van der Waals surface area contributed by atoms with Crippen molar-refractivity contribution in [3.63, 3.8) is 0 Å². The number of hydrogen-bond acceptors (Lipinski definition) is 8. The van der Waals surface area contributed by atoms with Gasteiger partial charge in [-0.2, -0.15) is 4.98 Å². The van der Waals surface area contributed by atoms with Gasteiger partial charge in [-0.25, -0.2) is 9.78 Å².